The van der Waals surface area contributed by atoms with Crippen molar-refractivity contribution < 1.29 is 9.47 Å². The van der Waals surface area contributed by atoms with Crippen LogP contribution in [0.4, 0.5) is 5.69 Å². The second-order valence-corrected chi connectivity index (χ2v) is 8.96. The quantitative estimate of drug-likeness (QED) is 0.281. The fraction of sp³-hybridized carbons (Fsp3) is 0.296. The number of rotatable bonds is 8. The van der Waals surface area contributed by atoms with Crippen molar-refractivity contribution in [3.63, 3.8) is 0 Å². The molecule has 32 heavy (non-hydrogen) atoms. The maximum absolute atomic E-state index is 5.33. The van der Waals surface area contributed by atoms with Crippen molar-refractivity contribution in [1.29, 1.82) is 0 Å². The number of methoxy groups -OCH3 is 2. The van der Waals surface area contributed by atoms with Gasteiger partial charge in [-0.1, -0.05) is 49.0 Å². The summed E-state index contributed by atoms with van der Waals surface area (Å²) in [5, 5.41) is 1.02. The van der Waals surface area contributed by atoms with Gasteiger partial charge in [0.05, 0.1) is 19.9 Å². The Morgan fingerprint density at radius 1 is 0.781 bits per heavy atom. The topological polar surface area (TPSA) is 34.1 Å². The van der Waals surface area contributed by atoms with Crippen LogP contribution in [0.15, 0.2) is 71.7 Å². The summed E-state index contributed by atoms with van der Waals surface area (Å²) in [6.07, 6.45) is 0. The first kappa shape index (κ1) is 23.7. The lowest BCUT2D eigenvalue weighted by molar-refractivity contribution is 0.405. The molecule has 0 bridgehead atoms. The number of ether oxygens (including phenoxy) is 2. The van der Waals surface area contributed by atoms with Gasteiger partial charge in [0.1, 0.15) is 11.5 Å². The van der Waals surface area contributed by atoms with Crippen LogP contribution in [-0.2, 0) is 13.1 Å². The molecule has 0 amide bonds. The Kier molecular flexibility index (Phi) is 8.63. The zero-order chi connectivity index (χ0) is 22.9. The SMILES string of the molecule is CCSC(=Nc1cc(C)cc(C)c1)N(Cc1ccc(OC)cc1)Cc1ccc(OC)cc1. The third-order valence-corrected chi connectivity index (χ3v) is 5.94. The average Bonchev–Trinajstić information content (AvgIpc) is 2.79. The number of nitrogens with zero attached hydrogens (tertiary/aromatic N) is 2. The van der Waals surface area contributed by atoms with E-state index in [2.05, 4.69) is 68.1 Å². The van der Waals surface area contributed by atoms with Crippen molar-refractivity contribution in [2.75, 3.05) is 20.0 Å². The van der Waals surface area contributed by atoms with Crippen LogP contribution in [0, 0.1) is 13.8 Å². The fourth-order valence-electron chi connectivity index (χ4n) is 3.54. The highest BCUT2D eigenvalue weighted by Crippen LogP contribution is 2.24. The van der Waals surface area contributed by atoms with E-state index in [1.54, 1.807) is 26.0 Å². The molecule has 4 nitrogen and oxygen atoms in total. The van der Waals surface area contributed by atoms with Gasteiger partial charge in [0.25, 0.3) is 0 Å². The minimum Gasteiger partial charge on any atom is -0.497 e. The number of amidine groups is 1. The van der Waals surface area contributed by atoms with Crippen molar-refractivity contribution in [3.8, 4) is 11.5 Å². The minimum absolute atomic E-state index is 0.757. The molecule has 0 aliphatic heterocycles. The minimum atomic E-state index is 0.757. The zero-order valence-corrected chi connectivity index (χ0v) is 20.4. The van der Waals surface area contributed by atoms with Gasteiger partial charge < -0.3 is 14.4 Å². The van der Waals surface area contributed by atoms with E-state index in [1.807, 2.05) is 24.3 Å². The summed E-state index contributed by atoms with van der Waals surface area (Å²) in [6.45, 7) is 7.91. The molecule has 0 N–H and O–H groups in total. The van der Waals surface area contributed by atoms with Crippen LogP contribution in [0.2, 0.25) is 0 Å². The Morgan fingerprint density at radius 3 is 1.66 bits per heavy atom. The first-order valence-corrected chi connectivity index (χ1v) is 11.8. The molecule has 3 rings (SSSR count). The molecule has 0 radical (unpaired) electrons. The molecule has 0 heterocycles. The van der Waals surface area contributed by atoms with Crippen LogP contribution >= 0.6 is 11.8 Å². The predicted octanol–water partition coefficient (Wildman–Crippen LogP) is 6.76. The first-order chi connectivity index (χ1) is 15.5. The van der Waals surface area contributed by atoms with E-state index in [-0.39, 0.29) is 0 Å². The Morgan fingerprint density at radius 2 is 1.25 bits per heavy atom. The highest BCUT2D eigenvalue weighted by atomic mass is 32.2. The van der Waals surface area contributed by atoms with Gasteiger partial charge in [-0.05, 0) is 78.3 Å². The molecule has 0 unspecified atom stereocenters. The van der Waals surface area contributed by atoms with Gasteiger partial charge in [-0.15, -0.1) is 0 Å². The highest BCUT2D eigenvalue weighted by Gasteiger charge is 2.14. The number of aryl methyl sites for hydroxylation is 2. The molecule has 0 saturated heterocycles. The van der Waals surface area contributed by atoms with Crippen molar-refractivity contribution in [3.05, 3.63) is 89.0 Å². The third-order valence-electron chi connectivity index (χ3n) is 5.04. The zero-order valence-electron chi connectivity index (χ0n) is 19.6. The fourth-order valence-corrected chi connectivity index (χ4v) is 4.28. The summed E-state index contributed by atoms with van der Waals surface area (Å²) in [5.74, 6) is 2.68. The Bertz CT molecular complexity index is 961. The molecule has 3 aromatic rings. The molecular formula is C27H32N2O2S. The van der Waals surface area contributed by atoms with Crippen molar-refractivity contribution in [2.45, 2.75) is 33.9 Å². The smallest absolute Gasteiger partial charge is 0.164 e. The lowest BCUT2D eigenvalue weighted by atomic mass is 10.1. The van der Waals surface area contributed by atoms with Crippen molar-refractivity contribution in [1.82, 2.24) is 4.90 Å². The van der Waals surface area contributed by atoms with Crippen LogP contribution in [-0.4, -0.2) is 30.0 Å². The largest absolute Gasteiger partial charge is 0.497 e. The summed E-state index contributed by atoms with van der Waals surface area (Å²) >= 11 is 1.77. The van der Waals surface area contributed by atoms with E-state index < -0.39 is 0 Å². The van der Waals surface area contributed by atoms with Gasteiger partial charge in [0, 0.05) is 13.1 Å². The molecule has 5 heteroatoms. The average molecular weight is 449 g/mol. The number of hydrogen-bond donors (Lipinski definition) is 0. The molecular weight excluding hydrogens is 416 g/mol. The van der Waals surface area contributed by atoms with Gasteiger partial charge in [0.15, 0.2) is 5.17 Å². The second-order valence-electron chi connectivity index (χ2n) is 7.73. The van der Waals surface area contributed by atoms with Gasteiger partial charge in [-0.3, -0.25) is 0 Å². The van der Waals surface area contributed by atoms with Crippen LogP contribution in [0.25, 0.3) is 0 Å². The van der Waals surface area contributed by atoms with Gasteiger partial charge in [-0.25, -0.2) is 4.99 Å². The standard InChI is InChI=1S/C27H32N2O2S/c1-6-32-27(28-24-16-20(2)15-21(3)17-24)29(18-22-7-11-25(30-4)12-8-22)19-23-9-13-26(31-5)14-10-23/h7-17H,6,18-19H2,1-5H3. The summed E-state index contributed by atoms with van der Waals surface area (Å²) in [6, 6.07) is 23.0. The van der Waals surface area contributed by atoms with Crippen LogP contribution in [0.5, 0.6) is 11.5 Å². The molecule has 0 spiro atoms. The third kappa shape index (κ3) is 6.79. The van der Waals surface area contributed by atoms with Crippen LogP contribution < -0.4 is 9.47 Å². The monoisotopic (exact) mass is 448 g/mol. The molecule has 0 fully saturated rings. The number of hydrogen-bond acceptors (Lipinski definition) is 4. The Hall–Kier alpha value is -2.92. The van der Waals surface area contributed by atoms with E-state index in [4.69, 9.17) is 14.5 Å². The van der Waals surface area contributed by atoms with Gasteiger partial charge in [0.2, 0.25) is 0 Å². The maximum Gasteiger partial charge on any atom is 0.164 e. The number of benzene rings is 3. The lowest BCUT2D eigenvalue weighted by Gasteiger charge is -2.26. The molecule has 0 atom stereocenters. The van der Waals surface area contributed by atoms with E-state index in [9.17, 15) is 0 Å². The molecule has 0 saturated carbocycles. The Labute approximate surface area is 196 Å². The highest BCUT2D eigenvalue weighted by molar-refractivity contribution is 8.13. The summed E-state index contributed by atoms with van der Waals surface area (Å²) in [4.78, 5) is 7.43. The normalized spacial score (nSPS) is 11.3. The number of thioether (sulfide) groups is 1. The molecule has 3 aromatic carbocycles. The van der Waals surface area contributed by atoms with E-state index in [1.165, 1.54) is 22.3 Å². The van der Waals surface area contributed by atoms with Crippen molar-refractivity contribution >= 4 is 22.6 Å². The van der Waals surface area contributed by atoms with E-state index >= 15 is 0 Å². The molecule has 0 aliphatic rings. The van der Waals surface area contributed by atoms with E-state index in [0.717, 1.165) is 41.2 Å². The maximum atomic E-state index is 5.33. The summed E-state index contributed by atoms with van der Waals surface area (Å²) < 4.78 is 10.7. The van der Waals surface area contributed by atoms with E-state index in [0.29, 0.717) is 0 Å². The predicted molar refractivity (Wildman–Crippen MR) is 136 cm³/mol. The van der Waals surface area contributed by atoms with Crippen LogP contribution in [0.3, 0.4) is 0 Å². The Balaban J connectivity index is 1.96. The molecule has 0 aliphatic carbocycles. The summed E-state index contributed by atoms with van der Waals surface area (Å²) in [7, 11) is 3.38. The van der Waals surface area contributed by atoms with Crippen LogP contribution in [0.1, 0.15) is 29.2 Å². The van der Waals surface area contributed by atoms with Crippen molar-refractivity contribution in [2.24, 2.45) is 4.99 Å². The lowest BCUT2D eigenvalue weighted by Crippen LogP contribution is -2.28. The first-order valence-electron chi connectivity index (χ1n) is 10.8. The van der Waals surface area contributed by atoms with Gasteiger partial charge >= 0.3 is 0 Å². The summed E-state index contributed by atoms with van der Waals surface area (Å²) in [5.41, 5.74) is 5.86. The molecule has 0 aromatic heterocycles. The van der Waals surface area contributed by atoms with Gasteiger partial charge in [-0.2, -0.15) is 0 Å². The second kappa shape index (κ2) is 11.6. The number of aliphatic imine (C=N–C) groups is 1. The molecule has 168 valence electrons.